The highest BCUT2D eigenvalue weighted by molar-refractivity contribution is 9.10. The van der Waals surface area contributed by atoms with Crippen LogP contribution in [0.15, 0.2) is 39.2 Å². The lowest BCUT2D eigenvalue weighted by Crippen LogP contribution is -2.19. The molecule has 0 aliphatic heterocycles. The van der Waals surface area contributed by atoms with Gasteiger partial charge in [0.1, 0.15) is 11.5 Å². The Balaban J connectivity index is 0.00000220. The quantitative estimate of drug-likeness (QED) is 0.613. The first-order chi connectivity index (χ1) is 9.70. The van der Waals surface area contributed by atoms with E-state index in [1.54, 1.807) is 0 Å². The molecule has 0 saturated carbocycles. The number of halogens is 4. The van der Waals surface area contributed by atoms with Gasteiger partial charge in [0.15, 0.2) is 0 Å². The van der Waals surface area contributed by atoms with Crippen molar-refractivity contribution < 1.29 is 4.42 Å². The summed E-state index contributed by atoms with van der Waals surface area (Å²) in [5.74, 6) is 1.72. The van der Waals surface area contributed by atoms with Crippen LogP contribution in [0.2, 0.25) is 5.02 Å². The number of hydrogen-bond acceptors (Lipinski definition) is 3. The van der Waals surface area contributed by atoms with E-state index in [4.69, 9.17) is 16.0 Å². The summed E-state index contributed by atoms with van der Waals surface area (Å²) in [6.07, 6.45) is 1.10. The Hall–Kier alpha value is -0.230. The van der Waals surface area contributed by atoms with E-state index in [0.29, 0.717) is 5.02 Å². The van der Waals surface area contributed by atoms with Crippen molar-refractivity contribution in [1.29, 1.82) is 0 Å². The maximum absolute atomic E-state index is 6.22. The molecule has 0 atom stereocenters. The van der Waals surface area contributed by atoms with Crippen molar-refractivity contribution in [3.63, 3.8) is 0 Å². The van der Waals surface area contributed by atoms with Gasteiger partial charge in [0, 0.05) is 10.0 Å². The van der Waals surface area contributed by atoms with Crippen LogP contribution in [0, 0.1) is 0 Å². The molecule has 0 aliphatic rings. The van der Waals surface area contributed by atoms with E-state index in [9.17, 15) is 0 Å². The molecule has 0 amide bonds. The molecule has 0 spiro atoms. The average Bonchev–Trinajstić information content (AvgIpc) is 2.87. The molecule has 2 rings (SSSR count). The van der Waals surface area contributed by atoms with Gasteiger partial charge in [0.2, 0.25) is 0 Å². The predicted octanol–water partition coefficient (Wildman–Crippen LogP) is 4.91. The second-order valence-electron chi connectivity index (χ2n) is 4.52. The maximum atomic E-state index is 6.22. The van der Waals surface area contributed by atoms with Crippen molar-refractivity contribution in [2.75, 3.05) is 20.1 Å². The molecule has 0 fully saturated rings. The highest BCUT2D eigenvalue weighted by Gasteiger charge is 2.08. The van der Waals surface area contributed by atoms with Gasteiger partial charge in [-0.25, -0.2) is 0 Å². The summed E-state index contributed by atoms with van der Waals surface area (Å²) in [7, 11) is 1.96. The second kappa shape index (κ2) is 11.3. The Kier molecular flexibility index (Phi) is 11.2. The van der Waals surface area contributed by atoms with E-state index in [2.05, 4.69) is 26.6 Å². The molecular weight excluding hydrogens is 410 g/mol. The van der Waals surface area contributed by atoms with Crippen molar-refractivity contribution >= 4 is 52.3 Å². The number of nitrogens with one attached hydrogen (secondary N) is 2. The zero-order chi connectivity index (χ0) is 14.4. The molecule has 1 aromatic carbocycles. The van der Waals surface area contributed by atoms with Crippen LogP contribution in [0.4, 0.5) is 0 Å². The lowest BCUT2D eigenvalue weighted by atomic mass is 10.2. The highest BCUT2D eigenvalue weighted by Crippen LogP contribution is 2.31. The van der Waals surface area contributed by atoms with Gasteiger partial charge in [-0.05, 0) is 56.9 Å². The van der Waals surface area contributed by atoms with Gasteiger partial charge in [-0.2, -0.15) is 0 Å². The first-order valence-corrected chi connectivity index (χ1v) is 7.77. The fourth-order valence-corrected chi connectivity index (χ4v) is 2.68. The normalized spacial score (nSPS) is 9.95. The average molecular weight is 431 g/mol. The zero-order valence-electron chi connectivity index (χ0n) is 12.2. The van der Waals surface area contributed by atoms with Crippen LogP contribution in [0.25, 0.3) is 11.3 Å². The summed E-state index contributed by atoms with van der Waals surface area (Å²) < 4.78 is 6.78. The third kappa shape index (κ3) is 6.49. The first kappa shape index (κ1) is 21.8. The largest absolute Gasteiger partial charge is 0.460 e. The van der Waals surface area contributed by atoms with Gasteiger partial charge in [0.05, 0.1) is 11.6 Å². The van der Waals surface area contributed by atoms with Crippen LogP contribution in [0.3, 0.4) is 0 Å². The summed E-state index contributed by atoms with van der Waals surface area (Å²) in [6.45, 7) is 2.72. The fourth-order valence-electron chi connectivity index (χ4n) is 1.91. The number of hydrogen-bond donors (Lipinski definition) is 2. The van der Waals surface area contributed by atoms with Gasteiger partial charge in [0.25, 0.3) is 0 Å². The Labute approximate surface area is 157 Å². The van der Waals surface area contributed by atoms with Crippen LogP contribution in [-0.4, -0.2) is 20.1 Å². The van der Waals surface area contributed by atoms with Crippen LogP contribution < -0.4 is 10.6 Å². The van der Waals surface area contributed by atoms with Crippen LogP contribution in [0.1, 0.15) is 12.2 Å². The van der Waals surface area contributed by atoms with E-state index >= 15 is 0 Å². The van der Waals surface area contributed by atoms with E-state index < -0.39 is 0 Å². The van der Waals surface area contributed by atoms with Crippen molar-refractivity contribution in [3.05, 3.63) is 45.6 Å². The van der Waals surface area contributed by atoms with Crippen molar-refractivity contribution in [2.45, 2.75) is 13.0 Å². The third-order valence-electron chi connectivity index (χ3n) is 2.94. The third-order valence-corrected chi connectivity index (χ3v) is 3.74. The topological polar surface area (TPSA) is 37.2 Å². The lowest BCUT2D eigenvalue weighted by molar-refractivity contribution is 0.490. The minimum Gasteiger partial charge on any atom is -0.460 e. The van der Waals surface area contributed by atoms with Crippen molar-refractivity contribution in [3.8, 4) is 11.3 Å². The van der Waals surface area contributed by atoms with Gasteiger partial charge in [-0.3, -0.25) is 0 Å². The Morgan fingerprint density at radius 3 is 2.59 bits per heavy atom. The molecule has 0 unspecified atom stereocenters. The fraction of sp³-hybridized carbons (Fsp3) is 0.333. The van der Waals surface area contributed by atoms with Crippen molar-refractivity contribution in [1.82, 2.24) is 10.6 Å². The highest BCUT2D eigenvalue weighted by atomic mass is 79.9. The molecule has 124 valence electrons. The van der Waals surface area contributed by atoms with Gasteiger partial charge >= 0.3 is 0 Å². The molecule has 3 nitrogen and oxygen atoms in total. The summed E-state index contributed by atoms with van der Waals surface area (Å²) >= 11 is 9.62. The zero-order valence-corrected chi connectivity index (χ0v) is 16.2. The van der Waals surface area contributed by atoms with Crippen LogP contribution in [-0.2, 0) is 6.54 Å². The van der Waals surface area contributed by atoms with E-state index in [0.717, 1.165) is 47.6 Å². The molecule has 1 aromatic heterocycles. The summed E-state index contributed by atoms with van der Waals surface area (Å²) in [6, 6.07) is 9.72. The molecule has 0 saturated heterocycles. The molecule has 7 heteroatoms. The summed E-state index contributed by atoms with van der Waals surface area (Å²) in [5.41, 5.74) is 0.913. The molecule has 1 heterocycles. The Morgan fingerprint density at radius 2 is 1.91 bits per heavy atom. The Morgan fingerprint density at radius 1 is 1.14 bits per heavy atom. The first-order valence-electron chi connectivity index (χ1n) is 6.60. The second-order valence-corrected chi connectivity index (χ2v) is 5.85. The summed E-state index contributed by atoms with van der Waals surface area (Å²) in [5, 5.41) is 7.15. The van der Waals surface area contributed by atoms with E-state index in [1.807, 2.05) is 37.4 Å². The molecule has 0 bridgehead atoms. The molecule has 0 radical (unpaired) electrons. The van der Waals surface area contributed by atoms with Crippen LogP contribution in [0.5, 0.6) is 0 Å². The molecule has 0 aliphatic carbocycles. The van der Waals surface area contributed by atoms with Crippen LogP contribution >= 0.6 is 52.3 Å². The molecular formula is C15H20BrCl3N2O. The number of furan rings is 1. The van der Waals surface area contributed by atoms with Gasteiger partial charge in [-0.15, -0.1) is 24.8 Å². The summed E-state index contributed by atoms with van der Waals surface area (Å²) in [4.78, 5) is 0. The number of benzene rings is 1. The minimum atomic E-state index is 0. The molecule has 22 heavy (non-hydrogen) atoms. The van der Waals surface area contributed by atoms with E-state index in [-0.39, 0.29) is 24.8 Å². The SMILES string of the molecule is CNCCCNCc1ccc(-c2ccc(Br)cc2Cl)o1.Cl.Cl. The minimum absolute atomic E-state index is 0. The molecule has 2 N–H and O–H groups in total. The smallest absolute Gasteiger partial charge is 0.135 e. The van der Waals surface area contributed by atoms with Crippen molar-refractivity contribution in [2.24, 2.45) is 0 Å². The van der Waals surface area contributed by atoms with Gasteiger partial charge < -0.3 is 15.1 Å². The predicted molar refractivity (Wildman–Crippen MR) is 102 cm³/mol. The van der Waals surface area contributed by atoms with E-state index in [1.165, 1.54) is 0 Å². The lowest BCUT2D eigenvalue weighted by Gasteiger charge is -2.03. The maximum Gasteiger partial charge on any atom is 0.135 e. The van der Waals surface area contributed by atoms with Gasteiger partial charge in [-0.1, -0.05) is 27.5 Å². The monoisotopic (exact) mass is 428 g/mol. The standard InChI is InChI=1S/C15H18BrClN2O.2ClH/c1-18-7-2-8-19-10-12-4-6-15(20-12)13-5-3-11(16)9-14(13)17;;/h3-6,9,18-19H,2,7-8,10H2,1H3;2*1H. The Bertz CT molecular complexity index is 563. The number of rotatable bonds is 7. The molecule has 2 aromatic rings.